The van der Waals surface area contributed by atoms with E-state index in [-0.39, 0.29) is 17.8 Å². The zero-order valence-electron chi connectivity index (χ0n) is 16.6. The Bertz CT molecular complexity index is 977. The molecule has 6 nitrogen and oxygen atoms in total. The van der Waals surface area contributed by atoms with Crippen LogP contribution < -0.4 is 10.1 Å². The van der Waals surface area contributed by atoms with Crippen LogP contribution in [0.2, 0.25) is 5.02 Å². The monoisotopic (exact) mass is 442 g/mol. The third-order valence-electron chi connectivity index (χ3n) is 4.25. The maximum absolute atomic E-state index is 12.5. The van der Waals surface area contributed by atoms with Gasteiger partial charge in [-0.2, -0.15) is 0 Å². The molecule has 1 atom stereocenters. The number of aromatic nitrogens is 3. The van der Waals surface area contributed by atoms with Gasteiger partial charge in [-0.1, -0.05) is 59.8 Å². The molecule has 0 fully saturated rings. The number of carbonyl (C=O) groups excluding carboxylic acids is 1. The number of carbonyl (C=O) groups is 1. The number of hydrogen-bond donors (Lipinski definition) is 1. The van der Waals surface area contributed by atoms with Gasteiger partial charge in [0.25, 0.3) is 0 Å². The second-order valence-corrected chi connectivity index (χ2v) is 8.25. The number of allylic oxidation sites excluding steroid dienone is 1. The van der Waals surface area contributed by atoms with Crippen LogP contribution in [0, 0.1) is 0 Å². The molecule has 0 aliphatic rings. The lowest BCUT2D eigenvalue weighted by Gasteiger charge is -2.13. The molecule has 0 radical (unpaired) electrons. The zero-order valence-corrected chi connectivity index (χ0v) is 18.2. The molecule has 1 amide bonds. The van der Waals surface area contributed by atoms with E-state index in [1.807, 2.05) is 41.8 Å². The number of rotatable bonds is 10. The highest BCUT2D eigenvalue weighted by atomic mass is 35.5. The summed E-state index contributed by atoms with van der Waals surface area (Å²) in [6, 6.07) is 16.9. The Morgan fingerprint density at radius 1 is 1.23 bits per heavy atom. The first-order chi connectivity index (χ1) is 14.6. The molecule has 1 heterocycles. The molecular weight excluding hydrogens is 420 g/mol. The summed E-state index contributed by atoms with van der Waals surface area (Å²) in [5, 5.41) is 12.4. The molecule has 2 aromatic carbocycles. The van der Waals surface area contributed by atoms with E-state index >= 15 is 0 Å². The molecule has 8 heteroatoms. The van der Waals surface area contributed by atoms with Crippen molar-refractivity contribution in [1.82, 2.24) is 20.1 Å². The number of hydrogen-bond acceptors (Lipinski definition) is 5. The van der Waals surface area contributed by atoms with Gasteiger partial charge in [-0.05, 0) is 36.8 Å². The average molecular weight is 443 g/mol. The summed E-state index contributed by atoms with van der Waals surface area (Å²) in [5.74, 6) is 1.29. The maximum Gasteiger partial charge on any atom is 0.233 e. The molecular formula is C22H23ClN4O2S. The van der Waals surface area contributed by atoms with Crippen LogP contribution in [-0.4, -0.2) is 25.9 Å². The molecule has 3 rings (SSSR count). The Balaban J connectivity index is 1.61. The number of ether oxygens (including phenoxy) is 1. The van der Waals surface area contributed by atoms with Crippen LogP contribution in [0.1, 0.15) is 18.3 Å². The summed E-state index contributed by atoms with van der Waals surface area (Å²) in [6.07, 6.45) is 1.76. The summed E-state index contributed by atoms with van der Waals surface area (Å²) in [7, 11) is 0. The fourth-order valence-corrected chi connectivity index (χ4v) is 3.67. The van der Waals surface area contributed by atoms with Gasteiger partial charge in [-0.3, -0.25) is 9.36 Å². The number of nitrogens with zero attached hydrogens (tertiary/aromatic N) is 3. The highest BCUT2D eigenvalue weighted by Crippen LogP contribution is 2.24. The predicted molar refractivity (Wildman–Crippen MR) is 120 cm³/mol. The molecule has 0 aliphatic carbocycles. The predicted octanol–water partition coefficient (Wildman–Crippen LogP) is 4.49. The third kappa shape index (κ3) is 6.11. The Labute approximate surface area is 185 Å². The van der Waals surface area contributed by atoms with Crippen molar-refractivity contribution in [3.05, 3.63) is 83.7 Å². The minimum Gasteiger partial charge on any atom is -0.486 e. The fraction of sp³-hybridized carbons (Fsp3) is 0.227. The summed E-state index contributed by atoms with van der Waals surface area (Å²) in [5.41, 5.74) is 1.06. The number of thioether (sulfide) groups is 1. The molecule has 0 aliphatic heterocycles. The van der Waals surface area contributed by atoms with E-state index in [9.17, 15) is 4.79 Å². The van der Waals surface area contributed by atoms with Gasteiger partial charge in [0.1, 0.15) is 12.4 Å². The van der Waals surface area contributed by atoms with Crippen LogP contribution in [0.15, 0.2) is 72.4 Å². The molecule has 1 aromatic heterocycles. The standard InChI is InChI=1S/C22H23ClN4O2S/c1-3-13-27-20(15-29-19-11-9-18(23)10-12-19)25-26-22(27)30-16(2)21(28)24-14-17-7-5-4-6-8-17/h3-12,16H,1,13-15H2,2H3,(H,24,28). The van der Waals surface area contributed by atoms with Crippen LogP contribution in [-0.2, 0) is 24.5 Å². The van der Waals surface area contributed by atoms with Crippen molar-refractivity contribution in [3.8, 4) is 5.75 Å². The number of benzene rings is 2. The van der Waals surface area contributed by atoms with Gasteiger partial charge in [0.15, 0.2) is 11.0 Å². The normalized spacial score (nSPS) is 11.7. The second kappa shape index (κ2) is 10.8. The van der Waals surface area contributed by atoms with Crippen molar-refractivity contribution in [2.24, 2.45) is 0 Å². The molecule has 0 saturated heterocycles. The van der Waals surface area contributed by atoms with E-state index in [4.69, 9.17) is 16.3 Å². The summed E-state index contributed by atoms with van der Waals surface area (Å²) in [6.45, 7) is 6.91. The molecule has 0 bridgehead atoms. The Hall–Kier alpha value is -2.77. The van der Waals surface area contributed by atoms with Crippen LogP contribution >= 0.6 is 23.4 Å². The molecule has 0 saturated carbocycles. The topological polar surface area (TPSA) is 69.0 Å². The first kappa shape index (κ1) is 21.9. The van der Waals surface area contributed by atoms with Crippen LogP contribution in [0.4, 0.5) is 0 Å². The molecule has 156 valence electrons. The van der Waals surface area contributed by atoms with Gasteiger partial charge >= 0.3 is 0 Å². The molecule has 0 spiro atoms. The van der Waals surface area contributed by atoms with E-state index in [0.29, 0.717) is 34.8 Å². The Morgan fingerprint density at radius 3 is 2.67 bits per heavy atom. The van der Waals surface area contributed by atoms with Crippen molar-refractivity contribution < 1.29 is 9.53 Å². The van der Waals surface area contributed by atoms with E-state index in [1.54, 1.807) is 30.3 Å². The lowest BCUT2D eigenvalue weighted by molar-refractivity contribution is -0.120. The van der Waals surface area contributed by atoms with E-state index in [0.717, 1.165) is 5.56 Å². The fourth-order valence-electron chi connectivity index (χ4n) is 2.64. The van der Waals surface area contributed by atoms with Gasteiger partial charge in [-0.25, -0.2) is 0 Å². The van der Waals surface area contributed by atoms with E-state index < -0.39 is 0 Å². The first-order valence-electron chi connectivity index (χ1n) is 9.46. The number of amides is 1. The summed E-state index contributed by atoms with van der Waals surface area (Å²) < 4.78 is 7.68. The van der Waals surface area contributed by atoms with Crippen LogP contribution in [0.25, 0.3) is 0 Å². The van der Waals surface area contributed by atoms with Crippen LogP contribution in [0.5, 0.6) is 5.75 Å². The van der Waals surface area contributed by atoms with Gasteiger partial charge in [0.2, 0.25) is 5.91 Å². The quantitative estimate of drug-likeness (QED) is 0.370. The minimum atomic E-state index is -0.327. The van der Waals surface area contributed by atoms with E-state index in [2.05, 4.69) is 22.1 Å². The highest BCUT2D eigenvalue weighted by Gasteiger charge is 2.20. The minimum absolute atomic E-state index is 0.0593. The highest BCUT2D eigenvalue weighted by molar-refractivity contribution is 8.00. The average Bonchev–Trinajstić information content (AvgIpc) is 3.14. The lowest BCUT2D eigenvalue weighted by atomic mass is 10.2. The maximum atomic E-state index is 12.5. The Kier molecular flexibility index (Phi) is 7.93. The van der Waals surface area contributed by atoms with Crippen molar-refractivity contribution in [2.45, 2.75) is 37.0 Å². The molecule has 1 N–H and O–H groups in total. The molecule has 1 unspecified atom stereocenters. The lowest BCUT2D eigenvalue weighted by Crippen LogP contribution is -2.30. The van der Waals surface area contributed by atoms with Crippen LogP contribution in [0.3, 0.4) is 0 Å². The second-order valence-electron chi connectivity index (χ2n) is 6.50. The van der Waals surface area contributed by atoms with Crippen molar-refractivity contribution in [1.29, 1.82) is 0 Å². The molecule has 30 heavy (non-hydrogen) atoms. The first-order valence-corrected chi connectivity index (χ1v) is 10.7. The third-order valence-corrected chi connectivity index (χ3v) is 5.58. The van der Waals surface area contributed by atoms with Gasteiger partial charge in [0.05, 0.1) is 5.25 Å². The molecule has 3 aromatic rings. The van der Waals surface area contributed by atoms with Gasteiger partial charge < -0.3 is 10.1 Å². The Morgan fingerprint density at radius 2 is 1.97 bits per heavy atom. The summed E-state index contributed by atoms with van der Waals surface area (Å²) in [4.78, 5) is 12.5. The van der Waals surface area contributed by atoms with Crippen molar-refractivity contribution >= 4 is 29.3 Å². The number of halogens is 1. The largest absolute Gasteiger partial charge is 0.486 e. The van der Waals surface area contributed by atoms with E-state index in [1.165, 1.54) is 11.8 Å². The number of nitrogens with one attached hydrogen (secondary N) is 1. The summed E-state index contributed by atoms with van der Waals surface area (Å²) >= 11 is 7.26. The van der Waals surface area contributed by atoms with Gasteiger partial charge in [-0.15, -0.1) is 16.8 Å². The SMILES string of the molecule is C=CCn1c(COc2ccc(Cl)cc2)nnc1SC(C)C(=O)NCc1ccccc1. The van der Waals surface area contributed by atoms with Crippen molar-refractivity contribution in [3.63, 3.8) is 0 Å². The zero-order chi connectivity index (χ0) is 21.3. The van der Waals surface area contributed by atoms with Gasteiger partial charge in [0, 0.05) is 18.1 Å². The van der Waals surface area contributed by atoms with Crippen molar-refractivity contribution in [2.75, 3.05) is 0 Å². The smallest absolute Gasteiger partial charge is 0.233 e.